The third-order valence-electron chi connectivity index (χ3n) is 3.13. The maximum Gasteiger partial charge on any atom is 0.292 e. The van der Waals surface area contributed by atoms with Crippen LogP contribution in [0.15, 0.2) is 24.3 Å². The molecule has 0 aliphatic carbocycles. The van der Waals surface area contributed by atoms with Crippen LogP contribution in [0.4, 0.5) is 20.2 Å². The number of nitro groups is 1. The lowest BCUT2D eigenvalue weighted by Gasteiger charge is -2.16. The fraction of sp³-hybridized carbons (Fsp3) is 0.500. The van der Waals surface area contributed by atoms with Crippen molar-refractivity contribution >= 4 is 22.6 Å². The molecule has 1 heterocycles. The predicted octanol–water partition coefficient (Wildman–Crippen LogP) is 1.09. The first kappa shape index (κ1) is 19.4. The van der Waals surface area contributed by atoms with Crippen LogP contribution in [0.25, 0.3) is 0 Å². The second-order valence-electron chi connectivity index (χ2n) is 4.82. The van der Waals surface area contributed by atoms with Gasteiger partial charge in [0.25, 0.3) is 12.1 Å². The van der Waals surface area contributed by atoms with Crippen molar-refractivity contribution in [3.8, 4) is 0 Å². The molecule has 0 bridgehead atoms. The average Bonchev–Trinajstić information content (AvgIpc) is 2.84. The highest BCUT2D eigenvalue weighted by Crippen LogP contribution is 2.25. The zero-order valence-corrected chi connectivity index (χ0v) is 12.9. The number of benzene rings is 1. The molecule has 0 saturated carbocycles. The molecule has 3 N–H and O–H groups in total. The second-order valence-corrected chi connectivity index (χ2v) is 5.34. The first-order valence-corrected chi connectivity index (χ1v) is 7.77. The number of nitro benzene ring substituents is 1. The Morgan fingerprint density at radius 3 is 2.65 bits per heavy atom. The van der Waals surface area contributed by atoms with Crippen LogP contribution in [-0.4, -0.2) is 50.7 Å². The van der Waals surface area contributed by atoms with Crippen molar-refractivity contribution < 1.29 is 22.5 Å². The van der Waals surface area contributed by atoms with E-state index in [9.17, 15) is 18.9 Å². The molecule has 0 spiro atoms. The van der Waals surface area contributed by atoms with Gasteiger partial charge in [-0.25, -0.2) is 8.78 Å². The van der Waals surface area contributed by atoms with Crippen LogP contribution in [0.5, 0.6) is 0 Å². The first-order chi connectivity index (χ1) is 10.8. The zero-order chi connectivity index (χ0) is 17.4. The van der Waals surface area contributed by atoms with E-state index in [4.69, 9.17) is 8.76 Å². The lowest BCUT2D eigenvalue weighted by Crippen LogP contribution is -2.30. The Bertz CT molecular complexity index is 546. The largest absolute Gasteiger partial charge is 0.760 e. The van der Waals surface area contributed by atoms with E-state index in [1.165, 1.54) is 6.07 Å². The van der Waals surface area contributed by atoms with Crippen molar-refractivity contribution in [3.05, 3.63) is 34.4 Å². The van der Waals surface area contributed by atoms with Crippen LogP contribution >= 0.6 is 0 Å². The molecule has 1 unspecified atom stereocenters. The molecule has 11 heteroatoms. The van der Waals surface area contributed by atoms with Gasteiger partial charge in [-0.2, -0.15) is 0 Å². The van der Waals surface area contributed by atoms with E-state index >= 15 is 0 Å². The van der Waals surface area contributed by atoms with Crippen LogP contribution < -0.4 is 10.5 Å². The number of nitrogens with two attached hydrogens (primary N) is 1. The Morgan fingerprint density at radius 1 is 1.48 bits per heavy atom. The summed E-state index contributed by atoms with van der Waals surface area (Å²) in [7, 11) is 0. The number of anilines is 1. The van der Waals surface area contributed by atoms with Gasteiger partial charge in [-0.15, -0.1) is 0 Å². The summed E-state index contributed by atoms with van der Waals surface area (Å²) in [5.74, 6) is 0. The van der Waals surface area contributed by atoms with Crippen LogP contribution in [-0.2, 0) is 11.3 Å². The molecule has 8 nitrogen and oxygen atoms in total. The van der Waals surface area contributed by atoms with Gasteiger partial charge < -0.3 is 9.87 Å². The van der Waals surface area contributed by atoms with Crippen molar-refractivity contribution in [1.29, 1.82) is 0 Å². The normalized spacial score (nSPS) is 19.1. The van der Waals surface area contributed by atoms with E-state index in [-0.39, 0.29) is 18.3 Å². The lowest BCUT2D eigenvalue weighted by atomic mass is 10.2. The van der Waals surface area contributed by atoms with E-state index in [0.717, 1.165) is 0 Å². The van der Waals surface area contributed by atoms with Crippen molar-refractivity contribution in [1.82, 2.24) is 4.90 Å². The smallest absolute Gasteiger partial charge is 0.292 e. The number of alkyl halides is 2. The molecule has 2 atom stereocenters. The number of halogens is 2. The molecule has 1 aromatic carbocycles. The van der Waals surface area contributed by atoms with E-state index in [2.05, 4.69) is 10.5 Å². The SMILES string of the molecule is NS(=O)[O-].O=[N+]([O-])c1ccccc1N[C@@H]1CCN(CC(F)F)C1. The summed E-state index contributed by atoms with van der Waals surface area (Å²) in [6.45, 7) is 0.827. The Balaban J connectivity index is 0.000000593. The third-order valence-corrected chi connectivity index (χ3v) is 3.13. The van der Waals surface area contributed by atoms with E-state index in [1.54, 1.807) is 23.1 Å². The minimum absolute atomic E-state index is 0.00908. The number of nitrogens with zero attached hydrogens (tertiary/aromatic N) is 2. The monoisotopic (exact) mass is 351 g/mol. The minimum atomic E-state index is -2.36. The zero-order valence-electron chi connectivity index (χ0n) is 12.1. The predicted molar refractivity (Wildman–Crippen MR) is 80.7 cm³/mol. The van der Waals surface area contributed by atoms with Gasteiger partial charge >= 0.3 is 0 Å². The topological polar surface area (TPSA) is 125 Å². The van der Waals surface area contributed by atoms with Crippen molar-refractivity contribution in [2.24, 2.45) is 5.14 Å². The molecular weight excluding hydrogens is 334 g/mol. The van der Waals surface area contributed by atoms with Gasteiger partial charge in [0.15, 0.2) is 0 Å². The van der Waals surface area contributed by atoms with Gasteiger partial charge in [0.2, 0.25) is 0 Å². The maximum absolute atomic E-state index is 12.3. The van der Waals surface area contributed by atoms with Gasteiger partial charge in [-0.05, 0) is 12.5 Å². The standard InChI is InChI=1S/C12H15F2N3O2.H3NO2S/c13-12(14)8-16-6-5-9(7-16)15-10-3-1-2-4-11(10)17(18)19;1-4(2)3/h1-4,9,12,15H,5-8H2;1H2,(H,2,3)/p-1/t9-;/m1./s1. The summed E-state index contributed by atoms with van der Waals surface area (Å²) in [6.07, 6.45) is -1.64. The Labute approximate surface area is 134 Å². The summed E-state index contributed by atoms with van der Waals surface area (Å²) in [4.78, 5) is 12.1. The van der Waals surface area contributed by atoms with Gasteiger partial charge in [0, 0.05) is 36.5 Å². The van der Waals surface area contributed by atoms with Gasteiger partial charge in [-0.1, -0.05) is 12.1 Å². The fourth-order valence-corrected chi connectivity index (χ4v) is 2.29. The highest BCUT2D eigenvalue weighted by Gasteiger charge is 2.26. The Kier molecular flexibility index (Phi) is 7.95. The van der Waals surface area contributed by atoms with Gasteiger partial charge in [0.1, 0.15) is 5.69 Å². The molecule has 130 valence electrons. The van der Waals surface area contributed by atoms with Gasteiger partial charge in [0.05, 0.1) is 11.5 Å². The Morgan fingerprint density at radius 2 is 2.09 bits per heavy atom. The number of para-hydroxylation sites is 2. The molecule has 1 aliphatic heterocycles. The molecule has 0 radical (unpaired) electrons. The molecular formula is C12H17F2N4O4S-. The number of hydrogen-bond acceptors (Lipinski definition) is 6. The van der Waals surface area contributed by atoms with Crippen molar-refractivity contribution in [2.45, 2.75) is 18.9 Å². The summed E-state index contributed by atoms with van der Waals surface area (Å²) in [6, 6.07) is 6.34. The van der Waals surface area contributed by atoms with Crippen molar-refractivity contribution in [3.63, 3.8) is 0 Å². The molecule has 1 saturated heterocycles. The van der Waals surface area contributed by atoms with Crippen LogP contribution in [0.2, 0.25) is 0 Å². The minimum Gasteiger partial charge on any atom is -0.760 e. The molecule has 1 fully saturated rings. The van der Waals surface area contributed by atoms with Crippen LogP contribution in [0, 0.1) is 10.1 Å². The maximum atomic E-state index is 12.3. The highest BCUT2D eigenvalue weighted by atomic mass is 32.2. The Hall–Kier alpha value is -1.69. The number of nitrogens with one attached hydrogen (secondary N) is 1. The fourth-order valence-electron chi connectivity index (χ4n) is 2.29. The van der Waals surface area contributed by atoms with Crippen molar-refractivity contribution in [2.75, 3.05) is 25.0 Å². The molecule has 0 aromatic heterocycles. The van der Waals surface area contributed by atoms with Crippen LogP contribution in [0.3, 0.4) is 0 Å². The molecule has 2 rings (SSSR count). The summed E-state index contributed by atoms with van der Waals surface area (Å²) in [5.41, 5.74) is 0.450. The summed E-state index contributed by atoms with van der Waals surface area (Å²) >= 11 is -2.36. The lowest BCUT2D eigenvalue weighted by molar-refractivity contribution is -0.384. The van der Waals surface area contributed by atoms with E-state index < -0.39 is 22.6 Å². The molecule has 0 amide bonds. The van der Waals surface area contributed by atoms with Crippen LogP contribution in [0.1, 0.15) is 6.42 Å². The van der Waals surface area contributed by atoms with E-state index in [1.807, 2.05) is 0 Å². The summed E-state index contributed by atoms with van der Waals surface area (Å²) < 4.78 is 42.1. The third kappa shape index (κ3) is 7.41. The quantitative estimate of drug-likeness (QED) is 0.465. The second kappa shape index (κ2) is 9.45. The van der Waals surface area contributed by atoms with E-state index in [0.29, 0.717) is 25.2 Å². The average molecular weight is 351 g/mol. The number of hydrogen-bond donors (Lipinski definition) is 2. The molecule has 23 heavy (non-hydrogen) atoms. The van der Waals surface area contributed by atoms with Gasteiger partial charge in [-0.3, -0.25) is 24.4 Å². The highest BCUT2D eigenvalue weighted by molar-refractivity contribution is 7.76. The summed E-state index contributed by atoms with van der Waals surface area (Å²) in [5, 5.41) is 18.0. The number of likely N-dealkylation sites (tertiary alicyclic amines) is 1. The molecule has 1 aliphatic rings. The molecule has 1 aromatic rings. The number of rotatable bonds is 5. The first-order valence-electron chi connectivity index (χ1n) is 6.63.